The van der Waals surface area contributed by atoms with Crippen molar-refractivity contribution in [3.05, 3.63) is 29.8 Å². The monoisotopic (exact) mass is 232 g/mol. The molecular formula is C14H20N2O. The van der Waals surface area contributed by atoms with Gasteiger partial charge in [-0.2, -0.15) is 5.26 Å². The van der Waals surface area contributed by atoms with Crippen LogP contribution in [0.3, 0.4) is 0 Å². The van der Waals surface area contributed by atoms with Crippen LogP contribution in [0.4, 0.5) is 0 Å². The lowest BCUT2D eigenvalue weighted by atomic mass is 10.2. The van der Waals surface area contributed by atoms with E-state index in [1.165, 1.54) is 5.56 Å². The van der Waals surface area contributed by atoms with Gasteiger partial charge in [0.05, 0.1) is 12.7 Å². The third-order valence-electron chi connectivity index (χ3n) is 2.43. The highest BCUT2D eigenvalue weighted by molar-refractivity contribution is 5.28. The smallest absolute Gasteiger partial charge is 0.119 e. The first-order valence-corrected chi connectivity index (χ1v) is 6.16. The molecule has 0 aliphatic heterocycles. The molecule has 0 aromatic heterocycles. The molecule has 3 heteroatoms. The highest BCUT2D eigenvalue weighted by Crippen LogP contribution is 2.13. The summed E-state index contributed by atoms with van der Waals surface area (Å²) in [5.41, 5.74) is 1.24. The Labute approximate surface area is 103 Å². The van der Waals surface area contributed by atoms with Crippen LogP contribution in [0.5, 0.6) is 5.75 Å². The number of nitriles is 1. The predicted molar refractivity (Wildman–Crippen MR) is 68.8 cm³/mol. The first kappa shape index (κ1) is 13.5. The molecule has 1 rings (SSSR count). The van der Waals surface area contributed by atoms with E-state index in [0.29, 0.717) is 13.0 Å². The van der Waals surface area contributed by atoms with E-state index in [-0.39, 0.29) is 0 Å². The maximum Gasteiger partial charge on any atom is 0.119 e. The molecule has 0 aliphatic carbocycles. The fourth-order valence-electron chi connectivity index (χ4n) is 1.51. The van der Waals surface area contributed by atoms with Gasteiger partial charge in [-0.15, -0.1) is 0 Å². The summed E-state index contributed by atoms with van der Waals surface area (Å²) >= 11 is 0. The molecule has 0 fully saturated rings. The van der Waals surface area contributed by atoms with Crippen molar-refractivity contribution in [2.24, 2.45) is 0 Å². The average molecular weight is 232 g/mol. The van der Waals surface area contributed by atoms with E-state index in [9.17, 15) is 0 Å². The minimum atomic E-state index is 0.615. The third-order valence-corrected chi connectivity index (χ3v) is 2.43. The summed E-state index contributed by atoms with van der Waals surface area (Å²) < 4.78 is 5.64. The Morgan fingerprint density at radius 1 is 1.35 bits per heavy atom. The van der Waals surface area contributed by atoms with Crippen molar-refractivity contribution in [2.75, 3.05) is 13.2 Å². The summed E-state index contributed by atoms with van der Waals surface area (Å²) in [5, 5.41) is 11.7. The van der Waals surface area contributed by atoms with E-state index < -0.39 is 0 Å². The lowest BCUT2D eigenvalue weighted by Gasteiger charge is -2.07. The van der Waals surface area contributed by atoms with Crippen LogP contribution in [0.15, 0.2) is 24.3 Å². The van der Waals surface area contributed by atoms with Crippen LogP contribution in [0.25, 0.3) is 0 Å². The molecule has 3 nitrogen and oxygen atoms in total. The van der Waals surface area contributed by atoms with E-state index >= 15 is 0 Å². The Kier molecular flexibility index (Phi) is 6.85. The van der Waals surface area contributed by atoms with Gasteiger partial charge in [-0.3, -0.25) is 0 Å². The minimum absolute atomic E-state index is 0.615. The van der Waals surface area contributed by atoms with Crippen molar-refractivity contribution < 1.29 is 4.74 Å². The zero-order chi connectivity index (χ0) is 12.3. The molecule has 0 saturated carbocycles. The number of hydrogen-bond acceptors (Lipinski definition) is 3. The molecule has 0 heterocycles. The number of benzene rings is 1. The van der Waals surface area contributed by atoms with Crippen molar-refractivity contribution >= 4 is 0 Å². The maximum atomic E-state index is 8.40. The van der Waals surface area contributed by atoms with Crippen LogP contribution in [0.2, 0.25) is 0 Å². The van der Waals surface area contributed by atoms with E-state index in [2.05, 4.69) is 30.4 Å². The number of nitrogens with zero attached hydrogens (tertiary/aromatic N) is 1. The predicted octanol–water partition coefficient (Wildman–Crippen LogP) is 2.87. The second-order valence-corrected chi connectivity index (χ2v) is 3.89. The van der Waals surface area contributed by atoms with Crippen LogP contribution in [-0.2, 0) is 6.54 Å². The molecule has 0 amide bonds. The summed E-state index contributed by atoms with van der Waals surface area (Å²) in [7, 11) is 0. The average Bonchev–Trinajstić information content (AvgIpc) is 2.37. The first-order chi connectivity index (χ1) is 8.36. The van der Waals surface area contributed by atoms with Gasteiger partial charge < -0.3 is 10.1 Å². The molecule has 0 saturated heterocycles. The van der Waals surface area contributed by atoms with Gasteiger partial charge in [0.25, 0.3) is 0 Å². The topological polar surface area (TPSA) is 45.0 Å². The minimum Gasteiger partial charge on any atom is -0.494 e. The highest BCUT2D eigenvalue weighted by Gasteiger charge is 1.96. The maximum absolute atomic E-state index is 8.40. The van der Waals surface area contributed by atoms with Gasteiger partial charge >= 0.3 is 0 Å². The van der Waals surface area contributed by atoms with Crippen LogP contribution in [-0.4, -0.2) is 13.2 Å². The van der Waals surface area contributed by atoms with Crippen molar-refractivity contribution in [3.63, 3.8) is 0 Å². The lowest BCUT2D eigenvalue weighted by Crippen LogP contribution is -2.11. The summed E-state index contributed by atoms with van der Waals surface area (Å²) in [5.74, 6) is 0.914. The summed E-state index contributed by atoms with van der Waals surface area (Å²) in [4.78, 5) is 0. The molecule has 1 aromatic carbocycles. The third kappa shape index (κ3) is 5.94. The van der Waals surface area contributed by atoms with Gasteiger partial charge in [0.2, 0.25) is 0 Å². The number of unbranched alkanes of at least 4 members (excludes halogenated alkanes) is 2. The molecule has 0 aliphatic rings. The Hall–Kier alpha value is -1.53. The fourth-order valence-corrected chi connectivity index (χ4v) is 1.51. The number of nitrogens with one attached hydrogen (secondary N) is 1. The number of rotatable bonds is 8. The van der Waals surface area contributed by atoms with E-state index in [4.69, 9.17) is 10.00 Å². The summed E-state index contributed by atoms with van der Waals surface area (Å²) in [6.45, 7) is 4.63. The highest BCUT2D eigenvalue weighted by atomic mass is 16.5. The molecule has 0 bridgehead atoms. The Bertz CT molecular complexity index is 357. The lowest BCUT2D eigenvalue weighted by molar-refractivity contribution is 0.307. The van der Waals surface area contributed by atoms with E-state index in [1.807, 2.05) is 12.1 Å². The molecule has 17 heavy (non-hydrogen) atoms. The second kappa shape index (κ2) is 8.60. The van der Waals surface area contributed by atoms with Crippen LogP contribution in [0, 0.1) is 11.3 Å². The SMILES string of the molecule is CCNCc1cccc(OCCCCC#N)c1. The molecule has 0 unspecified atom stereocenters. The van der Waals surface area contributed by atoms with Crippen LogP contribution < -0.4 is 10.1 Å². The number of ether oxygens (including phenoxy) is 1. The molecule has 92 valence electrons. The van der Waals surface area contributed by atoms with Gasteiger partial charge in [-0.1, -0.05) is 19.1 Å². The number of hydrogen-bond donors (Lipinski definition) is 1. The summed E-state index contributed by atoms with van der Waals surface area (Å²) in [6, 6.07) is 10.3. The molecular weight excluding hydrogens is 212 g/mol. The first-order valence-electron chi connectivity index (χ1n) is 6.16. The quantitative estimate of drug-likeness (QED) is 0.701. The van der Waals surface area contributed by atoms with Crippen LogP contribution in [0.1, 0.15) is 31.7 Å². The molecule has 0 radical (unpaired) electrons. The van der Waals surface area contributed by atoms with Crippen molar-refractivity contribution in [1.82, 2.24) is 5.32 Å². The zero-order valence-electron chi connectivity index (χ0n) is 10.4. The molecule has 1 N–H and O–H groups in total. The Balaban J connectivity index is 2.30. The molecule has 0 spiro atoms. The summed E-state index contributed by atoms with van der Waals surface area (Å²) in [6.07, 6.45) is 2.46. The standard InChI is InChI=1S/C14H20N2O/c1-2-16-12-13-7-6-8-14(11-13)17-10-5-3-4-9-15/h6-8,11,16H,2-5,10,12H2,1H3. The Morgan fingerprint density at radius 2 is 2.24 bits per heavy atom. The van der Waals surface area contributed by atoms with Crippen molar-refractivity contribution in [2.45, 2.75) is 32.7 Å². The largest absolute Gasteiger partial charge is 0.494 e. The van der Waals surface area contributed by atoms with Gasteiger partial charge in [-0.25, -0.2) is 0 Å². The molecule has 0 atom stereocenters. The van der Waals surface area contributed by atoms with Crippen molar-refractivity contribution in [1.29, 1.82) is 5.26 Å². The van der Waals surface area contributed by atoms with Gasteiger partial charge in [0.1, 0.15) is 5.75 Å². The zero-order valence-corrected chi connectivity index (χ0v) is 10.4. The van der Waals surface area contributed by atoms with E-state index in [0.717, 1.165) is 31.7 Å². The van der Waals surface area contributed by atoms with Gasteiger partial charge in [-0.05, 0) is 37.1 Å². The molecule has 1 aromatic rings. The van der Waals surface area contributed by atoms with Gasteiger partial charge in [0.15, 0.2) is 0 Å². The van der Waals surface area contributed by atoms with Crippen molar-refractivity contribution in [3.8, 4) is 11.8 Å². The normalized spacial score (nSPS) is 9.88. The second-order valence-electron chi connectivity index (χ2n) is 3.89. The Morgan fingerprint density at radius 3 is 3.00 bits per heavy atom. The van der Waals surface area contributed by atoms with Gasteiger partial charge in [0, 0.05) is 13.0 Å². The fraction of sp³-hybridized carbons (Fsp3) is 0.500. The van der Waals surface area contributed by atoms with Crippen LogP contribution >= 0.6 is 0 Å². The van der Waals surface area contributed by atoms with E-state index in [1.54, 1.807) is 0 Å².